The molecule has 3 aromatic rings. The quantitative estimate of drug-likeness (QED) is 0.383. The Kier molecular flexibility index (Phi) is 6.69. The average Bonchev–Trinajstić information content (AvgIpc) is 3.21. The first kappa shape index (κ1) is 22.6. The van der Waals surface area contributed by atoms with Crippen LogP contribution in [-0.2, 0) is 5.41 Å². The number of methoxy groups -OCH3 is 1. The number of rotatable bonds is 5. The van der Waals surface area contributed by atoms with Crippen molar-refractivity contribution in [2.24, 2.45) is 11.8 Å². The standard InChI is InChI=1S/C28H30O2.C2H6/c1-3-28(16-19-4-5-20(12-19)17-28)26-15-25(10-11-27(26)30-2)24-9-8-22-13-21(18-29)6-7-23(22)14-24;1-2/h6-11,13-15,18-20H,3-5,12,16-17H2,1-2H3;1-2H3. The highest BCUT2D eigenvalue weighted by Gasteiger charge is 2.45. The minimum atomic E-state index is 0.237. The molecule has 0 aliphatic heterocycles. The lowest BCUT2D eigenvalue weighted by molar-refractivity contribution is 0.112. The van der Waals surface area contributed by atoms with Crippen molar-refractivity contribution in [2.45, 2.75) is 64.7 Å². The molecule has 2 atom stereocenters. The summed E-state index contributed by atoms with van der Waals surface area (Å²) in [6.45, 7) is 6.36. The molecule has 2 aliphatic carbocycles. The fourth-order valence-electron chi connectivity index (χ4n) is 6.26. The molecule has 2 aliphatic rings. The van der Waals surface area contributed by atoms with Crippen molar-refractivity contribution in [3.63, 3.8) is 0 Å². The second-order valence-corrected chi connectivity index (χ2v) is 9.44. The smallest absolute Gasteiger partial charge is 0.150 e. The molecular weight excluding hydrogens is 392 g/mol. The van der Waals surface area contributed by atoms with Crippen molar-refractivity contribution in [1.82, 2.24) is 0 Å². The molecule has 0 heterocycles. The predicted octanol–water partition coefficient (Wildman–Crippen LogP) is 8.21. The van der Waals surface area contributed by atoms with Gasteiger partial charge >= 0.3 is 0 Å². The third-order valence-electron chi connectivity index (χ3n) is 7.79. The average molecular weight is 429 g/mol. The molecule has 0 spiro atoms. The maximum absolute atomic E-state index is 11.1. The van der Waals surface area contributed by atoms with Crippen LogP contribution in [0.3, 0.4) is 0 Å². The van der Waals surface area contributed by atoms with Crippen molar-refractivity contribution >= 4 is 17.1 Å². The van der Waals surface area contributed by atoms with Crippen LogP contribution < -0.4 is 4.74 Å². The number of ether oxygens (including phenoxy) is 1. The van der Waals surface area contributed by atoms with Crippen molar-refractivity contribution < 1.29 is 9.53 Å². The summed E-state index contributed by atoms with van der Waals surface area (Å²) in [6.07, 6.45) is 8.91. The molecule has 2 saturated carbocycles. The number of hydrogen-bond donors (Lipinski definition) is 0. The number of benzene rings is 3. The molecule has 0 radical (unpaired) electrons. The van der Waals surface area contributed by atoms with Gasteiger partial charge in [-0.3, -0.25) is 4.79 Å². The zero-order chi connectivity index (χ0) is 22.7. The predicted molar refractivity (Wildman–Crippen MR) is 135 cm³/mol. The van der Waals surface area contributed by atoms with Gasteiger partial charge < -0.3 is 4.74 Å². The van der Waals surface area contributed by atoms with Gasteiger partial charge in [-0.2, -0.15) is 0 Å². The van der Waals surface area contributed by atoms with Crippen LogP contribution in [0, 0.1) is 11.8 Å². The summed E-state index contributed by atoms with van der Waals surface area (Å²) in [4.78, 5) is 11.1. The Morgan fingerprint density at radius 2 is 1.53 bits per heavy atom. The first-order valence-corrected chi connectivity index (χ1v) is 12.3. The van der Waals surface area contributed by atoms with Crippen LogP contribution in [0.5, 0.6) is 5.75 Å². The van der Waals surface area contributed by atoms with Crippen LogP contribution in [0.2, 0.25) is 0 Å². The SMILES string of the molecule is CC.CCC1(c2cc(-c3ccc4cc(C=O)ccc4c3)ccc2OC)CC2CCC(C2)C1. The van der Waals surface area contributed by atoms with Gasteiger partial charge in [0.15, 0.2) is 0 Å². The second kappa shape index (κ2) is 9.48. The van der Waals surface area contributed by atoms with E-state index in [2.05, 4.69) is 43.3 Å². The van der Waals surface area contributed by atoms with E-state index >= 15 is 0 Å². The van der Waals surface area contributed by atoms with Gasteiger partial charge in [-0.25, -0.2) is 0 Å². The first-order valence-electron chi connectivity index (χ1n) is 12.3. The Morgan fingerprint density at radius 1 is 0.906 bits per heavy atom. The Bertz CT molecular complexity index is 1090. The van der Waals surface area contributed by atoms with Gasteiger partial charge in [-0.1, -0.05) is 63.9 Å². The van der Waals surface area contributed by atoms with Gasteiger partial charge in [0, 0.05) is 11.1 Å². The summed E-state index contributed by atoms with van der Waals surface area (Å²) in [7, 11) is 1.81. The molecule has 3 aromatic carbocycles. The van der Waals surface area contributed by atoms with Crippen molar-refractivity contribution in [1.29, 1.82) is 0 Å². The Hall–Kier alpha value is -2.61. The minimum absolute atomic E-state index is 0.237. The van der Waals surface area contributed by atoms with E-state index in [-0.39, 0.29) is 5.41 Å². The van der Waals surface area contributed by atoms with Gasteiger partial charge in [-0.15, -0.1) is 0 Å². The van der Waals surface area contributed by atoms with Gasteiger partial charge in [-0.05, 0) is 89.1 Å². The number of carbonyl (C=O) groups is 1. The largest absolute Gasteiger partial charge is 0.496 e. The van der Waals surface area contributed by atoms with Gasteiger partial charge in [0.05, 0.1) is 7.11 Å². The van der Waals surface area contributed by atoms with E-state index in [1.54, 1.807) is 7.11 Å². The first-order chi connectivity index (χ1) is 15.6. The number of carbonyl (C=O) groups excluding carboxylic acids is 1. The lowest BCUT2D eigenvalue weighted by atomic mass is 9.63. The zero-order valence-corrected chi connectivity index (χ0v) is 20.0. The van der Waals surface area contributed by atoms with E-state index in [1.165, 1.54) is 55.2 Å². The van der Waals surface area contributed by atoms with Crippen molar-refractivity contribution in [3.8, 4) is 16.9 Å². The van der Waals surface area contributed by atoms with Crippen molar-refractivity contribution in [3.05, 3.63) is 65.7 Å². The molecule has 2 bridgehead atoms. The lowest BCUT2D eigenvalue weighted by Crippen LogP contribution is -2.33. The molecule has 32 heavy (non-hydrogen) atoms. The van der Waals surface area contributed by atoms with Crippen LogP contribution in [0.25, 0.3) is 21.9 Å². The molecule has 0 aromatic heterocycles. The zero-order valence-electron chi connectivity index (χ0n) is 20.0. The van der Waals surface area contributed by atoms with Crippen LogP contribution in [0.15, 0.2) is 54.6 Å². The Balaban J connectivity index is 0.00000119. The minimum Gasteiger partial charge on any atom is -0.496 e. The summed E-state index contributed by atoms with van der Waals surface area (Å²) in [5.74, 6) is 2.80. The van der Waals surface area contributed by atoms with Crippen LogP contribution in [0.1, 0.15) is 75.2 Å². The van der Waals surface area contributed by atoms with Gasteiger partial charge in [0.25, 0.3) is 0 Å². The van der Waals surface area contributed by atoms with Crippen molar-refractivity contribution in [2.75, 3.05) is 7.11 Å². The third kappa shape index (κ3) is 4.08. The molecule has 0 amide bonds. The fraction of sp³-hybridized carbons (Fsp3) is 0.433. The molecule has 0 N–H and O–H groups in total. The molecule has 2 heteroatoms. The molecule has 2 fully saturated rings. The monoisotopic (exact) mass is 428 g/mol. The Labute approximate surface area is 193 Å². The molecule has 2 nitrogen and oxygen atoms in total. The lowest BCUT2D eigenvalue weighted by Gasteiger charge is -2.41. The van der Waals surface area contributed by atoms with E-state index < -0.39 is 0 Å². The molecular formula is C30H36O2. The van der Waals surface area contributed by atoms with Crippen LogP contribution in [-0.4, -0.2) is 13.4 Å². The number of hydrogen-bond acceptors (Lipinski definition) is 2. The van der Waals surface area contributed by atoms with E-state index in [9.17, 15) is 4.79 Å². The summed E-state index contributed by atoms with van der Waals surface area (Å²) < 4.78 is 5.87. The highest BCUT2D eigenvalue weighted by molar-refractivity contribution is 5.91. The van der Waals surface area contributed by atoms with E-state index in [0.29, 0.717) is 0 Å². The highest BCUT2D eigenvalue weighted by Crippen LogP contribution is 2.55. The second-order valence-electron chi connectivity index (χ2n) is 9.44. The molecule has 2 unspecified atom stereocenters. The van der Waals surface area contributed by atoms with Gasteiger partial charge in [0.2, 0.25) is 0 Å². The fourth-order valence-corrected chi connectivity index (χ4v) is 6.26. The number of fused-ring (bicyclic) bond motifs is 3. The summed E-state index contributed by atoms with van der Waals surface area (Å²) in [6, 6.07) is 19.2. The van der Waals surface area contributed by atoms with E-state index in [4.69, 9.17) is 4.74 Å². The Morgan fingerprint density at radius 3 is 2.19 bits per heavy atom. The third-order valence-corrected chi connectivity index (χ3v) is 7.79. The summed E-state index contributed by atoms with van der Waals surface area (Å²) >= 11 is 0. The molecule has 0 saturated heterocycles. The molecule has 168 valence electrons. The maximum atomic E-state index is 11.1. The number of aldehydes is 1. The summed E-state index contributed by atoms with van der Waals surface area (Å²) in [5.41, 5.74) is 4.83. The highest BCUT2D eigenvalue weighted by atomic mass is 16.5. The maximum Gasteiger partial charge on any atom is 0.150 e. The van der Waals surface area contributed by atoms with Gasteiger partial charge in [0.1, 0.15) is 12.0 Å². The van der Waals surface area contributed by atoms with E-state index in [1.807, 2.05) is 32.0 Å². The van der Waals surface area contributed by atoms with E-state index in [0.717, 1.165) is 40.2 Å². The topological polar surface area (TPSA) is 26.3 Å². The summed E-state index contributed by atoms with van der Waals surface area (Å²) in [5, 5.41) is 2.27. The van der Waals surface area contributed by atoms with Crippen LogP contribution >= 0.6 is 0 Å². The molecule has 5 rings (SSSR count). The normalized spacial score (nSPS) is 24.0. The van der Waals surface area contributed by atoms with Crippen LogP contribution in [0.4, 0.5) is 0 Å².